The number of benzene rings is 3. The van der Waals surface area contributed by atoms with Crippen LogP contribution in [-0.4, -0.2) is 41.6 Å². The molecule has 1 saturated heterocycles. The van der Waals surface area contributed by atoms with Crippen LogP contribution in [0.3, 0.4) is 0 Å². The van der Waals surface area contributed by atoms with Crippen LogP contribution in [0, 0.1) is 0 Å². The molecule has 0 aromatic heterocycles. The third-order valence-electron chi connectivity index (χ3n) is 5.04. The molecule has 0 radical (unpaired) electrons. The average molecular weight is 486 g/mol. The minimum atomic E-state index is -3.71. The molecule has 172 valence electrons. The molecule has 33 heavy (non-hydrogen) atoms. The molecule has 10 heteroatoms. The molecule has 1 heterocycles. The second-order valence-electron chi connectivity index (χ2n) is 7.49. The highest BCUT2D eigenvalue weighted by Crippen LogP contribution is 2.28. The molecule has 0 bridgehead atoms. The van der Waals surface area contributed by atoms with E-state index >= 15 is 0 Å². The molecule has 0 spiro atoms. The van der Waals surface area contributed by atoms with Gasteiger partial charge in [-0.15, -0.1) is 11.8 Å². The van der Waals surface area contributed by atoms with Gasteiger partial charge >= 0.3 is 0 Å². The van der Waals surface area contributed by atoms with Crippen molar-refractivity contribution in [3.05, 3.63) is 90.0 Å². The number of carbonyl (C=O) groups excluding carboxylic acids is 1. The largest absolute Gasteiger partial charge is 0.377 e. The summed E-state index contributed by atoms with van der Waals surface area (Å²) in [5, 5.41) is 24.8. The number of aliphatic hydroxyl groups excluding tert-OH is 2. The van der Waals surface area contributed by atoms with Crippen LogP contribution in [0.2, 0.25) is 0 Å². The second-order valence-corrected chi connectivity index (χ2v) is 10.5. The fraction of sp³-hybridized carbons (Fsp3) is 0.174. The van der Waals surface area contributed by atoms with Crippen molar-refractivity contribution in [3.8, 4) is 0 Å². The van der Waals surface area contributed by atoms with E-state index < -0.39 is 21.8 Å². The van der Waals surface area contributed by atoms with Crippen molar-refractivity contribution in [2.75, 3.05) is 10.0 Å². The molecule has 5 N–H and O–H groups in total. The van der Waals surface area contributed by atoms with Gasteiger partial charge in [0.1, 0.15) is 6.23 Å². The topological polar surface area (TPSA) is 128 Å². The van der Waals surface area contributed by atoms with Crippen molar-refractivity contribution in [1.29, 1.82) is 0 Å². The Kier molecular flexibility index (Phi) is 7.01. The van der Waals surface area contributed by atoms with Crippen LogP contribution in [0.1, 0.15) is 15.9 Å². The zero-order valence-corrected chi connectivity index (χ0v) is 19.0. The number of anilines is 2. The monoisotopic (exact) mass is 485 g/mol. The first-order chi connectivity index (χ1) is 15.8. The average Bonchev–Trinajstić information content (AvgIpc) is 3.11. The number of nitrogens with one attached hydrogen (secondary N) is 3. The predicted molar refractivity (Wildman–Crippen MR) is 128 cm³/mol. The van der Waals surface area contributed by atoms with Crippen molar-refractivity contribution in [3.63, 3.8) is 0 Å². The lowest BCUT2D eigenvalue weighted by Gasteiger charge is -2.13. The van der Waals surface area contributed by atoms with Gasteiger partial charge in [-0.2, -0.15) is 0 Å². The molecule has 1 fully saturated rings. The van der Waals surface area contributed by atoms with Gasteiger partial charge in [0.05, 0.1) is 10.1 Å². The quantitative estimate of drug-likeness (QED) is 0.348. The van der Waals surface area contributed by atoms with E-state index in [9.17, 15) is 23.4 Å². The van der Waals surface area contributed by atoms with E-state index in [4.69, 9.17) is 0 Å². The summed E-state index contributed by atoms with van der Waals surface area (Å²) in [7, 11) is -3.71. The Morgan fingerprint density at radius 3 is 2.33 bits per heavy atom. The standard InChI is InChI=1S/C23H23N3O5S2/c27-21(24-18-6-4-5-15(13-18)14-20-22(28)25-23(29)32-20)16-9-11-17(12-10-16)26-33(30,31)19-7-2-1-3-8-19/h1-13,20,22-23,25-26,28-29H,14H2,(H,24,27). The van der Waals surface area contributed by atoms with E-state index in [1.165, 1.54) is 36.0 Å². The van der Waals surface area contributed by atoms with Crippen LogP contribution in [0.25, 0.3) is 0 Å². The first kappa shape index (κ1) is 23.3. The summed E-state index contributed by atoms with van der Waals surface area (Å²) >= 11 is 1.25. The van der Waals surface area contributed by atoms with Gasteiger partial charge in [0.2, 0.25) is 0 Å². The molecule has 3 aromatic rings. The van der Waals surface area contributed by atoms with Crippen molar-refractivity contribution < 1.29 is 23.4 Å². The fourth-order valence-corrected chi connectivity index (χ4v) is 5.55. The SMILES string of the molecule is O=C(Nc1cccc(CC2SC(O)NC2O)c1)c1ccc(NS(=O)(=O)c2ccccc2)cc1. The molecule has 3 atom stereocenters. The zero-order valence-electron chi connectivity index (χ0n) is 17.4. The van der Waals surface area contributed by atoms with E-state index in [1.807, 2.05) is 18.2 Å². The third-order valence-corrected chi connectivity index (χ3v) is 7.61. The molecular weight excluding hydrogens is 462 g/mol. The Morgan fingerprint density at radius 1 is 0.939 bits per heavy atom. The van der Waals surface area contributed by atoms with Gasteiger partial charge < -0.3 is 15.5 Å². The summed E-state index contributed by atoms with van der Waals surface area (Å²) in [5.41, 5.74) is 1.43. The first-order valence-electron chi connectivity index (χ1n) is 10.2. The molecule has 8 nitrogen and oxygen atoms in total. The summed E-state index contributed by atoms with van der Waals surface area (Å²) in [5.74, 6) is -0.336. The van der Waals surface area contributed by atoms with Gasteiger partial charge in [0.15, 0.2) is 5.56 Å². The lowest BCUT2D eigenvalue weighted by Crippen LogP contribution is -2.33. The maximum absolute atomic E-state index is 12.6. The highest BCUT2D eigenvalue weighted by atomic mass is 32.2. The Balaban J connectivity index is 1.39. The van der Waals surface area contributed by atoms with E-state index in [-0.39, 0.29) is 16.1 Å². The maximum Gasteiger partial charge on any atom is 0.261 e. The number of thioether (sulfide) groups is 1. The lowest BCUT2D eigenvalue weighted by molar-refractivity contribution is 0.0994. The van der Waals surface area contributed by atoms with E-state index in [1.54, 1.807) is 36.4 Å². The van der Waals surface area contributed by atoms with Crippen LogP contribution in [0.4, 0.5) is 11.4 Å². The zero-order chi connectivity index (χ0) is 23.4. The molecule has 3 unspecified atom stereocenters. The Labute approximate surface area is 196 Å². The maximum atomic E-state index is 12.6. The van der Waals surface area contributed by atoms with Gasteiger partial charge in [-0.05, 0) is 60.5 Å². The molecule has 3 aromatic carbocycles. The molecule has 0 aliphatic carbocycles. The smallest absolute Gasteiger partial charge is 0.261 e. The van der Waals surface area contributed by atoms with Crippen molar-refractivity contribution in [2.45, 2.75) is 28.4 Å². The minimum absolute atomic E-state index is 0.153. The molecule has 1 aliphatic rings. The fourth-order valence-electron chi connectivity index (χ4n) is 3.41. The summed E-state index contributed by atoms with van der Waals surface area (Å²) < 4.78 is 27.4. The van der Waals surface area contributed by atoms with Gasteiger partial charge in [-0.1, -0.05) is 30.3 Å². The molecule has 4 rings (SSSR count). The number of sulfonamides is 1. The predicted octanol–water partition coefficient (Wildman–Crippen LogP) is 2.58. The number of amides is 1. The van der Waals surface area contributed by atoms with E-state index in [0.717, 1.165) is 5.56 Å². The highest BCUT2D eigenvalue weighted by Gasteiger charge is 2.31. The number of rotatable bonds is 7. The normalized spacial score (nSPS) is 20.4. The van der Waals surface area contributed by atoms with Crippen LogP contribution in [0.15, 0.2) is 83.8 Å². The van der Waals surface area contributed by atoms with Crippen LogP contribution in [0.5, 0.6) is 0 Å². The second kappa shape index (κ2) is 9.94. The number of carbonyl (C=O) groups is 1. The third kappa shape index (κ3) is 5.92. The highest BCUT2D eigenvalue weighted by molar-refractivity contribution is 8.00. The number of hydrogen-bond acceptors (Lipinski definition) is 7. The summed E-state index contributed by atoms with van der Waals surface area (Å²) in [6, 6.07) is 21.5. The summed E-state index contributed by atoms with van der Waals surface area (Å²) in [4.78, 5) is 12.8. The van der Waals surface area contributed by atoms with Crippen molar-refractivity contribution in [1.82, 2.24) is 5.32 Å². The Bertz CT molecular complexity index is 1220. The number of hydrogen-bond donors (Lipinski definition) is 5. The van der Waals surface area contributed by atoms with Crippen LogP contribution < -0.4 is 15.4 Å². The summed E-state index contributed by atoms with van der Waals surface area (Å²) in [6.45, 7) is 0. The van der Waals surface area contributed by atoms with Gasteiger partial charge in [-0.25, -0.2) is 8.42 Å². The number of aliphatic hydroxyl groups is 2. The first-order valence-corrected chi connectivity index (χ1v) is 12.6. The molecule has 0 saturated carbocycles. The molecule has 1 aliphatic heterocycles. The van der Waals surface area contributed by atoms with Gasteiger partial charge in [0.25, 0.3) is 15.9 Å². The van der Waals surface area contributed by atoms with Gasteiger partial charge in [-0.3, -0.25) is 14.8 Å². The molecule has 1 amide bonds. The van der Waals surface area contributed by atoms with Gasteiger partial charge in [0, 0.05) is 16.9 Å². The van der Waals surface area contributed by atoms with Crippen LogP contribution >= 0.6 is 11.8 Å². The minimum Gasteiger partial charge on any atom is -0.377 e. The lowest BCUT2D eigenvalue weighted by atomic mass is 10.1. The van der Waals surface area contributed by atoms with Crippen molar-refractivity contribution in [2.24, 2.45) is 0 Å². The van der Waals surface area contributed by atoms with Crippen molar-refractivity contribution >= 4 is 39.1 Å². The van der Waals surface area contributed by atoms with E-state index in [2.05, 4.69) is 15.4 Å². The molecular formula is C23H23N3O5S2. The van der Waals surface area contributed by atoms with E-state index in [0.29, 0.717) is 23.4 Å². The Morgan fingerprint density at radius 2 is 1.67 bits per heavy atom. The summed E-state index contributed by atoms with van der Waals surface area (Å²) in [6.07, 6.45) is -0.281. The Hall–Kier alpha value is -2.89. The van der Waals surface area contributed by atoms with Crippen LogP contribution in [-0.2, 0) is 16.4 Å².